The number of ether oxygens (including phenoxy) is 2. The van der Waals surface area contributed by atoms with Crippen LogP contribution in [0.1, 0.15) is 17.4 Å². The van der Waals surface area contributed by atoms with E-state index in [9.17, 15) is 35.6 Å². The number of imidazole rings is 1. The maximum atomic E-state index is 12.1. The minimum absolute atomic E-state index is 0.0162. The van der Waals surface area contributed by atoms with Gasteiger partial charge in [-0.05, 0) is 23.2 Å². The predicted molar refractivity (Wildman–Crippen MR) is 120 cm³/mol. The van der Waals surface area contributed by atoms with E-state index in [1.165, 1.54) is 23.0 Å². The number of benzene rings is 1. The van der Waals surface area contributed by atoms with Crippen molar-refractivity contribution in [3.05, 3.63) is 47.0 Å². The van der Waals surface area contributed by atoms with Gasteiger partial charge in [-0.25, -0.2) is 9.78 Å². The summed E-state index contributed by atoms with van der Waals surface area (Å²) in [5.74, 6) is -1.74. The molecule has 1 saturated heterocycles. The van der Waals surface area contributed by atoms with Crippen molar-refractivity contribution in [2.75, 3.05) is 12.3 Å². The first-order valence-corrected chi connectivity index (χ1v) is 10.9. The van der Waals surface area contributed by atoms with Gasteiger partial charge in [0.2, 0.25) is 10.9 Å². The SMILES string of the molecule is N#Cc1ccccc1CC(OC[C@H]1O[C@@H](n2cnc3c(N)nc(Cl)nc32)[C@H](O)[C@@H]1O)(C(=O)O)C(O)O. The number of aliphatic hydroxyl groups is 4. The normalized spacial score (nSPS) is 23.6. The molecule has 0 spiro atoms. The smallest absolute Gasteiger partial charge is 0.341 e. The van der Waals surface area contributed by atoms with Gasteiger partial charge in [-0.2, -0.15) is 15.2 Å². The molecule has 4 rings (SSSR count). The molecule has 0 radical (unpaired) electrons. The molecule has 1 aliphatic heterocycles. The number of halogens is 1. The van der Waals surface area contributed by atoms with E-state index in [1.54, 1.807) is 12.1 Å². The third-order valence-corrected chi connectivity index (χ3v) is 6.08. The summed E-state index contributed by atoms with van der Waals surface area (Å²) in [6, 6.07) is 7.91. The van der Waals surface area contributed by atoms with Crippen LogP contribution in [-0.4, -0.2) is 87.8 Å². The molecule has 1 fully saturated rings. The van der Waals surface area contributed by atoms with E-state index in [1.807, 2.05) is 6.07 Å². The van der Waals surface area contributed by atoms with Gasteiger partial charge in [0.25, 0.3) is 0 Å². The summed E-state index contributed by atoms with van der Waals surface area (Å²) in [5, 5.41) is 60.1. The number of carboxylic acids is 1. The van der Waals surface area contributed by atoms with Crippen LogP contribution in [0, 0.1) is 11.3 Å². The largest absolute Gasteiger partial charge is 0.479 e. The third-order valence-electron chi connectivity index (χ3n) is 5.91. The monoisotopic (exact) mass is 520 g/mol. The molecule has 5 atom stereocenters. The Labute approximate surface area is 207 Å². The highest BCUT2D eigenvalue weighted by molar-refractivity contribution is 6.28. The van der Waals surface area contributed by atoms with Gasteiger partial charge >= 0.3 is 5.97 Å². The summed E-state index contributed by atoms with van der Waals surface area (Å²) in [4.78, 5) is 24.0. The maximum absolute atomic E-state index is 12.1. The summed E-state index contributed by atoms with van der Waals surface area (Å²) in [6.45, 7) is -0.669. The van der Waals surface area contributed by atoms with E-state index in [4.69, 9.17) is 26.8 Å². The molecular weight excluding hydrogens is 500 g/mol. The van der Waals surface area contributed by atoms with Crippen LogP contribution in [0.25, 0.3) is 11.2 Å². The fourth-order valence-electron chi connectivity index (χ4n) is 3.96. The standard InChI is InChI=1S/C21H21ClN6O8/c22-20-26-15(24)12-16(27-20)28(8-25-12)17-14(30)13(29)11(36-17)7-35-21(18(31)32,19(33)34)5-9-3-1-2-4-10(9)6-23/h1-4,8,11,13-14,17-18,29-32H,5,7H2,(H,33,34)(H2,24,26,27)/t11-,13-,14-,17-,21?/m1/s1. The topological polar surface area (TPSA) is 230 Å². The Morgan fingerprint density at radius 3 is 2.69 bits per heavy atom. The zero-order valence-electron chi connectivity index (χ0n) is 18.3. The fraction of sp³-hybridized carbons (Fsp3) is 0.381. The molecule has 190 valence electrons. The number of aliphatic carboxylic acids is 1. The molecule has 2 aromatic heterocycles. The van der Waals surface area contributed by atoms with Gasteiger partial charge in [-0.1, -0.05) is 18.2 Å². The van der Waals surface area contributed by atoms with E-state index in [0.717, 1.165) is 0 Å². The number of carboxylic acid groups (broad SMARTS) is 1. The lowest BCUT2D eigenvalue weighted by atomic mass is 9.91. The first-order valence-electron chi connectivity index (χ1n) is 10.5. The predicted octanol–water partition coefficient (Wildman–Crippen LogP) is -1.05. The number of aromatic nitrogens is 4. The number of nitrogen functional groups attached to an aromatic ring is 1. The molecule has 3 heterocycles. The van der Waals surface area contributed by atoms with Crippen LogP contribution in [0.15, 0.2) is 30.6 Å². The molecule has 15 heteroatoms. The summed E-state index contributed by atoms with van der Waals surface area (Å²) in [5.41, 5.74) is 3.77. The van der Waals surface area contributed by atoms with Gasteiger partial charge in [0.15, 0.2) is 24.0 Å². The molecule has 0 amide bonds. The second kappa shape index (κ2) is 9.91. The number of carbonyl (C=O) groups is 1. The van der Waals surface area contributed by atoms with E-state index in [-0.39, 0.29) is 33.4 Å². The van der Waals surface area contributed by atoms with Crippen molar-refractivity contribution in [1.29, 1.82) is 5.26 Å². The molecular formula is C21H21ClN6O8. The molecule has 3 aromatic rings. The molecule has 7 N–H and O–H groups in total. The Kier molecular flexibility index (Phi) is 7.07. The number of hydrogen-bond donors (Lipinski definition) is 6. The minimum Gasteiger partial charge on any atom is -0.479 e. The van der Waals surface area contributed by atoms with Crippen LogP contribution in [0.3, 0.4) is 0 Å². The van der Waals surface area contributed by atoms with Gasteiger partial charge in [-0.15, -0.1) is 0 Å². The number of hydrogen-bond acceptors (Lipinski definition) is 12. The van der Waals surface area contributed by atoms with Crippen LogP contribution in [0.2, 0.25) is 5.28 Å². The van der Waals surface area contributed by atoms with Crippen LogP contribution in [-0.2, 0) is 20.7 Å². The summed E-state index contributed by atoms with van der Waals surface area (Å²) >= 11 is 5.86. The number of nitriles is 1. The minimum atomic E-state index is -2.62. The number of fused-ring (bicyclic) bond motifs is 1. The third kappa shape index (κ3) is 4.45. The van der Waals surface area contributed by atoms with Crippen molar-refractivity contribution in [3.63, 3.8) is 0 Å². The van der Waals surface area contributed by atoms with Crippen molar-refractivity contribution in [2.45, 2.75) is 42.9 Å². The van der Waals surface area contributed by atoms with E-state index < -0.39 is 55.4 Å². The maximum Gasteiger partial charge on any atom is 0.341 e. The second-order valence-electron chi connectivity index (χ2n) is 8.07. The molecule has 0 aliphatic carbocycles. The Hall–Kier alpha value is -3.42. The first kappa shape index (κ1) is 25.7. The highest BCUT2D eigenvalue weighted by atomic mass is 35.5. The Morgan fingerprint density at radius 1 is 1.31 bits per heavy atom. The average molecular weight is 521 g/mol. The van der Waals surface area contributed by atoms with E-state index in [2.05, 4.69) is 15.0 Å². The Bertz CT molecular complexity index is 1330. The first-order chi connectivity index (χ1) is 17.1. The van der Waals surface area contributed by atoms with Crippen molar-refractivity contribution in [3.8, 4) is 6.07 Å². The Morgan fingerprint density at radius 2 is 2.03 bits per heavy atom. The lowest BCUT2D eigenvalue weighted by Gasteiger charge is -2.32. The number of anilines is 1. The van der Waals surface area contributed by atoms with Crippen LogP contribution < -0.4 is 5.73 Å². The van der Waals surface area contributed by atoms with Gasteiger partial charge in [-0.3, -0.25) is 4.57 Å². The zero-order chi connectivity index (χ0) is 26.2. The molecule has 1 aromatic carbocycles. The average Bonchev–Trinajstić information content (AvgIpc) is 3.37. The zero-order valence-corrected chi connectivity index (χ0v) is 19.1. The molecule has 1 aliphatic rings. The number of nitrogens with zero attached hydrogens (tertiary/aromatic N) is 5. The van der Waals surface area contributed by atoms with Gasteiger partial charge in [0, 0.05) is 6.42 Å². The molecule has 14 nitrogen and oxygen atoms in total. The van der Waals surface area contributed by atoms with Gasteiger partial charge in [0.05, 0.1) is 24.6 Å². The highest BCUT2D eigenvalue weighted by Crippen LogP contribution is 2.34. The van der Waals surface area contributed by atoms with Crippen molar-refractivity contribution in [1.82, 2.24) is 19.5 Å². The van der Waals surface area contributed by atoms with Crippen molar-refractivity contribution in [2.24, 2.45) is 0 Å². The summed E-state index contributed by atoms with van der Waals surface area (Å²) in [7, 11) is 0. The van der Waals surface area contributed by atoms with Crippen molar-refractivity contribution < 1.29 is 39.8 Å². The summed E-state index contributed by atoms with van der Waals surface area (Å²) < 4.78 is 12.4. The highest BCUT2D eigenvalue weighted by Gasteiger charge is 2.50. The lowest BCUT2D eigenvalue weighted by molar-refractivity contribution is -0.231. The number of rotatable bonds is 8. The fourth-order valence-corrected chi connectivity index (χ4v) is 4.13. The number of aliphatic hydroxyl groups excluding tert-OH is 3. The molecule has 0 bridgehead atoms. The van der Waals surface area contributed by atoms with E-state index in [0.29, 0.717) is 0 Å². The van der Waals surface area contributed by atoms with Gasteiger partial charge < -0.3 is 40.7 Å². The second-order valence-corrected chi connectivity index (χ2v) is 8.41. The number of nitrogens with two attached hydrogens (primary N) is 1. The molecule has 36 heavy (non-hydrogen) atoms. The van der Waals surface area contributed by atoms with Gasteiger partial charge in [0.1, 0.15) is 23.8 Å². The lowest BCUT2D eigenvalue weighted by Crippen LogP contribution is -2.55. The molecule has 1 unspecified atom stereocenters. The van der Waals surface area contributed by atoms with Crippen molar-refractivity contribution >= 4 is 34.6 Å². The quantitative estimate of drug-likeness (QED) is 0.154. The summed E-state index contributed by atoms with van der Waals surface area (Å²) in [6.07, 6.45) is -7.52. The van der Waals surface area contributed by atoms with Crippen LogP contribution >= 0.6 is 11.6 Å². The Balaban J connectivity index is 1.59. The molecule has 0 saturated carbocycles. The van der Waals surface area contributed by atoms with Crippen LogP contribution in [0.5, 0.6) is 0 Å². The van der Waals surface area contributed by atoms with E-state index >= 15 is 0 Å². The van der Waals surface area contributed by atoms with Crippen LogP contribution in [0.4, 0.5) is 5.82 Å².